The molecule has 12 nitrogen and oxygen atoms in total. The van der Waals surface area contributed by atoms with Crippen LogP contribution in [0.1, 0.15) is 18.1 Å². The van der Waals surface area contributed by atoms with E-state index in [1.807, 2.05) is 0 Å². The highest BCUT2D eigenvalue weighted by molar-refractivity contribution is 7.89. The van der Waals surface area contributed by atoms with E-state index in [0.717, 1.165) is 0 Å². The number of sulfonamides is 1. The number of thiophene rings is 1. The summed E-state index contributed by atoms with van der Waals surface area (Å²) in [4.78, 5) is 28.4. The van der Waals surface area contributed by atoms with E-state index in [1.165, 1.54) is 22.1 Å². The molecule has 0 fully saturated rings. The molecule has 0 aliphatic carbocycles. The molecule has 0 aliphatic heterocycles. The Morgan fingerprint density at radius 1 is 1.29 bits per heavy atom. The summed E-state index contributed by atoms with van der Waals surface area (Å²) in [6.07, 6.45) is 1.22. The molecule has 31 heavy (non-hydrogen) atoms. The van der Waals surface area contributed by atoms with Crippen LogP contribution in [0.15, 0.2) is 27.5 Å². The maximum atomic E-state index is 12.3. The van der Waals surface area contributed by atoms with Crippen LogP contribution in [0, 0.1) is 6.92 Å². The summed E-state index contributed by atoms with van der Waals surface area (Å²) in [5.41, 5.74) is 0.460. The molecular formula is C17H19N7O5S2. The van der Waals surface area contributed by atoms with Gasteiger partial charge in [0.05, 0.1) is 11.9 Å². The van der Waals surface area contributed by atoms with E-state index in [0.29, 0.717) is 27.6 Å². The standard InChI is InChI=1S/C17H19N7O5S2/c1-10-19-13(8-22(10)2)31(27,28)18-6-4-14(25)29-9-12-20-21-17-23(3)16(26)15-11(24(12)17)5-7-30-15/h5,7-8,18H,4,6,9H2,1-3H3. The number of hydrogen-bond donors (Lipinski definition) is 1. The summed E-state index contributed by atoms with van der Waals surface area (Å²) in [7, 11) is -0.536. The summed E-state index contributed by atoms with van der Waals surface area (Å²) >= 11 is 1.30. The van der Waals surface area contributed by atoms with Crippen LogP contribution in [0.3, 0.4) is 0 Å². The van der Waals surface area contributed by atoms with Crippen LogP contribution in [0.25, 0.3) is 16.0 Å². The van der Waals surface area contributed by atoms with Gasteiger partial charge in [-0.3, -0.25) is 18.6 Å². The topological polar surface area (TPSA) is 142 Å². The van der Waals surface area contributed by atoms with E-state index < -0.39 is 16.0 Å². The van der Waals surface area contributed by atoms with Crippen LogP contribution in [-0.4, -0.2) is 49.6 Å². The molecule has 1 N–H and O–H groups in total. The number of rotatable bonds is 7. The van der Waals surface area contributed by atoms with E-state index in [4.69, 9.17) is 4.74 Å². The lowest BCUT2D eigenvalue weighted by atomic mass is 10.4. The number of aryl methyl sites for hydroxylation is 3. The predicted octanol–water partition coefficient (Wildman–Crippen LogP) is 0.0964. The minimum atomic E-state index is -3.82. The Morgan fingerprint density at radius 3 is 2.77 bits per heavy atom. The van der Waals surface area contributed by atoms with Gasteiger partial charge in [-0.15, -0.1) is 21.5 Å². The van der Waals surface area contributed by atoms with Crippen LogP contribution in [0.4, 0.5) is 0 Å². The Hall–Kier alpha value is -3.10. The van der Waals surface area contributed by atoms with Crippen molar-refractivity contribution < 1.29 is 17.9 Å². The largest absolute Gasteiger partial charge is 0.457 e. The number of imidazole rings is 1. The molecule has 4 aromatic rings. The summed E-state index contributed by atoms with van der Waals surface area (Å²) in [5, 5.41) is 9.72. The van der Waals surface area contributed by atoms with E-state index in [1.54, 1.807) is 41.4 Å². The van der Waals surface area contributed by atoms with Gasteiger partial charge in [-0.2, -0.15) is 0 Å². The lowest BCUT2D eigenvalue weighted by molar-refractivity contribution is -0.145. The molecule has 0 aliphatic rings. The molecule has 4 heterocycles. The van der Waals surface area contributed by atoms with Crippen molar-refractivity contribution in [3.05, 3.63) is 39.6 Å². The van der Waals surface area contributed by atoms with Gasteiger partial charge in [-0.05, 0) is 18.4 Å². The SMILES string of the molecule is Cc1nc(S(=O)(=O)NCCC(=O)OCc2nnc3n(C)c(=O)c4sccc4n23)cn1C. The Kier molecular flexibility index (Phi) is 5.36. The van der Waals surface area contributed by atoms with Crippen LogP contribution < -0.4 is 10.3 Å². The molecule has 0 bridgehead atoms. The average Bonchev–Trinajstić information content (AvgIpc) is 3.43. The Balaban J connectivity index is 1.40. The summed E-state index contributed by atoms with van der Waals surface area (Å²) in [6, 6.07) is 1.77. The number of nitrogens with zero attached hydrogens (tertiary/aromatic N) is 6. The first-order valence-electron chi connectivity index (χ1n) is 9.14. The number of carbonyl (C=O) groups excluding carboxylic acids is 1. The predicted molar refractivity (Wildman–Crippen MR) is 111 cm³/mol. The molecule has 14 heteroatoms. The molecule has 164 valence electrons. The minimum Gasteiger partial charge on any atom is -0.457 e. The highest BCUT2D eigenvalue weighted by Crippen LogP contribution is 2.19. The molecule has 0 unspecified atom stereocenters. The van der Waals surface area contributed by atoms with E-state index in [9.17, 15) is 18.0 Å². The highest BCUT2D eigenvalue weighted by Gasteiger charge is 2.20. The molecule has 0 amide bonds. The molecule has 4 rings (SSSR count). The van der Waals surface area contributed by atoms with Crippen LogP contribution in [0.5, 0.6) is 0 Å². The van der Waals surface area contributed by atoms with Crippen molar-refractivity contribution in [2.24, 2.45) is 14.1 Å². The molecule has 4 aromatic heterocycles. The number of nitrogens with one attached hydrogen (secondary N) is 1. The minimum absolute atomic E-state index is 0.110. The van der Waals surface area contributed by atoms with Crippen molar-refractivity contribution >= 4 is 43.3 Å². The lowest BCUT2D eigenvalue weighted by Crippen LogP contribution is -2.27. The fourth-order valence-corrected chi connectivity index (χ4v) is 4.90. The Labute approximate surface area is 180 Å². The number of carbonyl (C=O) groups is 1. The molecule has 0 aromatic carbocycles. The van der Waals surface area contributed by atoms with Gasteiger partial charge in [-0.25, -0.2) is 18.1 Å². The fourth-order valence-electron chi connectivity index (χ4n) is 2.98. The fraction of sp³-hybridized carbons (Fsp3) is 0.353. The molecule has 0 radical (unpaired) electrons. The Bertz CT molecular complexity index is 1440. The number of aromatic nitrogens is 6. The second-order valence-corrected chi connectivity index (χ2v) is 9.43. The van der Waals surface area contributed by atoms with Crippen molar-refractivity contribution in [1.29, 1.82) is 0 Å². The zero-order valence-corrected chi connectivity index (χ0v) is 18.5. The smallest absolute Gasteiger partial charge is 0.307 e. The van der Waals surface area contributed by atoms with Gasteiger partial charge in [-0.1, -0.05) is 0 Å². The van der Waals surface area contributed by atoms with Crippen LogP contribution in [-0.2, 0) is 40.3 Å². The number of esters is 1. The van der Waals surface area contributed by atoms with Crippen molar-refractivity contribution in [2.45, 2.75) is 25.0 Å². The summed E-state index contributed by atoms with van der Waals surface area (Å²) in [5.74, 6) is 0.632. The normalized spacial score (nSPS) is 12.1. The third-order valence-electron chi connectivity index (χ3n) is 4.74. The van der Waals surface area contributed by atoms with Crippen LogP contribution in [0.2, 0.25) is 0 Å². The first kappa shape index (κ1) is 21.1. The number of ether oxygens (including phenoxy) is 1. The second kappa shape index (κ2) is 7.86. The number of fused-ring (bicyclic) bond motifs is 3. The highest BCUT2D eigenvalue weighted by atomic mass is 32.2. The van der Waals surface area contributed by atoms with Gasteiger partial charge >= 0.3 is 5.97 Å². The second-order valence-electron chi connectivity index (χ2n) is 6.80. The van der Waals surface area contributed by atoms with E-state index >= 15 is 0 Å². The first-order chi connectivity index (χ1) is 14.7. The number of hydrogen-bond acceptors (Lipinski definition) is 9. The maximum absolute atomic E-state index is 12.3. The van der Waals surface area contributed by atoms with Gasteiger partial charge in [0.25, 0.3) is 15.6 Å². The molecule has 0 saturated carbocycles. The first-order valence-corrected chi connectivity index (χ1v) is 11.5. The van der Waals surface area contributed by atoms with Crippen molar-refractivity contribution in [3.63, 3.8) is 0 Å². The van der Waals surface area contributed by atoms with Crippen molar-refractivity contribution in [1.82, 2.24) is 33.4 Å². The zero-order valence-electron chi connectivity index (χ0n) is 16.9. The van der Waals surface area contributed by atoms with Gasteiger partial charge in [0.1, 0.15) is 10.5 Å². The van der Waals surface area contributed by atoms with E-state index in [-0.39, 0.29) is 30.2 Å². The quantitative estimate of drug-likeness (QED) is 0.379. The summed E-state index contributed by atoms with van der Waals surface area (Å²) < 4.78 is 37.2. The van der Waals surface area contributed by atoms with Gasteiger partial charge in [0, 0.05) is 26.8 Å². The lowest BCUT2D eigenvalue weighted by Gasteiger charge is -2.07. The average molecular weight is 466 g/mol. The van der Waals surface area contributed by atoms with Gasteiger partial charge < -0.3 is 9.30 Å². The van der Waals surface area contributed by atoms with Crippen molar-refractivity contribution in [3.8, 4) is 0 Å². The van der Waals surface area contributed by atoms with Gasteiger partial charge in [0.15, 0.2) is 17.5 Å². The third-order valence-corrected chi connectivity index (χ3v) is 6.97. The third kappa shape index (κ3) is 3.84. The summed E-state index contributed by atoms with van der Waals surface area (Å²) in [6.45, 7) is 1.38. The molecular weight excluding hydrogens is 446 g/mol. The maximum Gasteiger partial charge on any atom is 0.307 e. The molecule has 0 saturated heterocycles. The zero-order chi connectivity index (χ0) is 22.3. The van der Waals surface area contributed by atoms with E-state index in [2.05, 4.69) is 19.9 Å². The monoisotopic (exact) mass is 465 g/mol. The van der Waals surface area contributed by atoms with Crippen LogP contribution >= 0.6 is 11.3 Å². The Morgan fingerprint density at radius 2 is 2.06 bits per heavy atom. The molecule has 0 atom stereocenters. The van der Waals surface area contributed by atoms with Crippen molar-refractivity contribution in [2.75, 3.05) is 6.54 Å². The molecule has 0 spiro atoms. The van der Waals surface area contributed by atoms with Gasteiger partial charge in [0.2, 0.25) is 5.78 Å².